The third-order valence-electron chi connectivity index (χ3n) is 3.20. The highest BCUT2D eigenvalue weighted by molar-refractivity contribution is 6.00. The maximum atomic E-state index is 12.0. The zero-order chi connectivity index (χ0) is 12.0. The van der Waals surface area contributed by atoms with Crippen LogP contribution in [0.15, 0.2) is 12.1 Å². The molecule has 0 aromatic heterocycles. The lowest BCUT2D eigenvalue weighted by Crippen LogP contribution is -2.34. The average Bonchev–Trinajstić information content (AvgIpc) is 2.83. The van der Waals surface area contributed by atoms with Gasteiger partial charge < -0.3 is 20.5 Å². The van der Waals surface area contributed by atoms with Crippen molar-refractivity contribution < 1.29 is 14.3 Å². The molecule has 0 spiro atoms. The lowest BCUT2D eigenvalue weighted by atomic mass is 10.1. The second-order valence-corrected chi connectivity index (χ2v) is 4.81. The minimum atomic E-state index is -0.152. The van der Waals surface area contributed by atoms with Gasteiger partial charge in [0.05, 0.1) is 5.56 Å². The van der Waals surface area contributed by atoms with Gasteiger partial charge in [-0.3, -0.25) is 4.79 Å². The van der Waals surface area contributed by atoms with E-state index in [-0.39, 0.29) is 18.2 Å². The average molecular weight is 234 g/mol. The summed E-state index contributed by atoms with van der Waals surface area (Å²) in [5.74, 6) is 1.02. The van der Waals surface area contributed by atoms with Gasteiger partial charge in [0.2, 0.25) is 6.79 Å². The van der Waals surface area contributed by atoms with Crippen LogP contribution in [0.1, 0.15) is 30.1 Å². The number of nitrogens with two attached hydrogens (primary N) is 1. The molecule has 1 aliphatic carbocycles. The van der Waals surface area contributed by atoms with E-state index >= 15 is 0 Å². The van der Waals surface area contributed by atoms with E-state index in [1.54, 1.807) is 12.1 Å². The molecule has 5 heteroatoms. The highest BCUT2D eigenvalue weighted by Gasteiger charge is 2.39. The van der Waals surface area contributed by atoms with Gasteiger partial charge in [0.15, 0.2) is 11.5 Å². The summed E-state index contributed by atoms with van der Waals surface area (Å²) in [5, 5.41) is 2.96. The van der Waals surface area contributed by atoms with E-state index in [0.29, 0.717) is 22.7 Å². The summed E-state index contributed by atoms with van der Waals surface area (Å²) in [7, 11) is 0. The first-order valence-electron chi connectivity index (χ1n) is 5.59. The van der Waals surface area contributed by atoms with Crippen LogP contribution < -0.4 is 20.5 Å². The lowest BCUT2D eigenvalue weighted by Gasteiger charge is -2.13. The molecule has 1 saturated carbocycles. The smallest absolute Gasteiger partial charge is 0.253 e. The molecule has 90 valence electrons. The highest BCUT2D eigenvalue weighted by atomic mass is 16.7. The summed E-state index contributed by atoms with van der Waals surface area (Å²) in [6, 6.07) is 3.27. The number of benzene rings is 1. The molecule has 3 N–H and O–H groups in total. The number of hydrogen-bond donors (Lipinski definition) is 2. The van der Waals surface area contributed by atoms with Crippen molar-refractivity contribution in [3.63, 3.8) is 0 Å². The number of carbonyl (C=O) groups excluding carboxylic acids is 1. The van der Waals surface area contributed by atoms with Gasteiger partial charge in [0.25, 0.3) is 5.91 Å². The fourth-order valence-electron chi connectivity index (χ4n) is 1.81. The van der Waals surface area contributed by atoms with Crippen molar-refractivity contribution in [1.29, 1.82) is 0 Å². The standard InChI is InChI=1S/C12H14N2O3/c1-12(2-3-12)14-11(15)7-4-9-10(5-8(7)13)17-6-16-9/h4-5H,2-3,6,13H2,1H3,(H,14,15). The molecular formula is C12H14N2O3. The molecule has 1 aromatic rings. The number of nitrogen functional groups attached to an aromatic ring is 1. The third-order valence-corrected chi connectivity index (χ3v) is 3.20. The summed E-state index contributed by atoms with van der Waals surface area (Å²) in [6.07, 6.45) is 2.03. The zero-order valence-electron chi connectivity index (χ0n) is 9.58. The van der Waals surface area contributed by atoms with Gasteiger partial charge >= 0.3 is 0 Å². The summed E-state index contributed by atoms with van der Waals surface area (Å²) in [5.41, 5.74) is 6.64. The summed E-state index contributed by atoms with van der Waals surface area (Å²) < 4.78 is 10.4. The molecule has 1 amide bonds. The van der Waals surface area contributed by atoms with Gasteiger partial charge in [-0.05, 0) is 25.8 Å². The summed E-state index contributed by atoms with van der Waals surface area (Å²) >= 11 is 0. The molecule has 0 unspecified atom stereocenters. The summed E-state index contributed by atoms with van der Waals surface area (Å²) in [6.45, 7) is 2.20. The second kappa shape index (κ2) is 3.29. The van der Waals surface area contributed by atoms with Crippen molar-refractivity contribution in [2.24, 2.45) is 0 Å². The molecule has 5 nitrogen and oxygen atoms in total. The number of ether oxygens (including phenoxy) is 2. The van der Waals surface area contributed by atoms with Gasteiger partial charge in [-0.1, -0.05) is 0 Å². The molecule has 17 heavy (non-hydrogen) atoms. The Hall–Kier alpha value is -1.91. The normalized spacial score (nSPS) is 18.9. The Morgan fingerprint density at radius 1 is 1.35 bits per heavy atom. The van der Waals surface area contributed by atoms with Crippen LogP contribution in [0.5, 0.6) is 11.5 Å². The quantitative estimate of drug-likeness (QED) is 0.756. The van der Waals surface area contributed by atoms with Gasteiger partial charge in [-0.25, -0.2) is 0 Å². The fourth-order valence-corrected chi connectivity index (χ4v) is 1.81. The van der Waals surface area contributed by atoms with Crippen LogP contribution in [0.4, 0.5) is 5.69 Å². The molecule has 1 aromatic carbocycles. The first-order chi connectivity index (χ1) is 8.07. The van der Waals surface area contributed by atoms with E-state index < -0.39 is 0 Å². The number of carbonyl (C=O) groups is 1. The molecule has 0 bridgehead atoms. The SMILES string of the molecule is CC1(NC(=O)c2cc3c(cc2N)OCO3)CC1. The Labute approximate surface area is 98.9 Å². The summed E-state index contributed by atoms with van der Waals surface area (Å²) in [4.78, 5) is 12.0. The Balaban J connectivity index is 1.89. The van der Waals surface area contributed by atoms with Gasteiger partial charge in [-0.15, -0.1) is 0 Å². The van der Waals surface area contributed by atoms with Crippen molar-refractivity contribution in [1.82, 2.24) is 5.32 Å². The number of fused-ring (bicyclic) bond motifs is 1. The number of nitrogens with one attached hydrogen (secondary N) is 1. The van der Waals surface area contributed by atoms with Crippen molar-refractivity contribution in [2.45, 2.75) is 25.3 Å². The number of anilines is 1. The van der Waals surface area contributed by atoms with Crippen molar-refractivity contribution in [2.75, 3.05) is 12.5 Å². The van der Waals surface area contributed by atoms with Crippen LogP contribution in [0, 0.1) is 0 Å². The zero-order valence-corrected chi connectivity index (χ0v) is 9.58. The van der Waals surface area contributed by atoms with Crippen molar-refractivity contribution >= 4 is 11.6 Å². The molecule has 0 radical (unpaired) electrons. The predicted octanol–water partition coefficient (Wildman–Crippen LogP) is 1.28. The lowest BCUT2D eigenvalue weighted by molar-refractivity contribution is 0.0936. The molecular weight excluding hydrogens is 220 g/mol. The largest absolute Gasteiger partial charge is 0.454 e. The minimum Gasteiger partial charge on any atom is -0.454 e. The molecule has 1 aliphatic heterocycles. The van der Waals surface area contributed by atoms with Crippen molar-refractivity contribution in [3.8, 4) is 11.5 Å². The van der Waals surface area contributed by atoms with E-state index in [4.69, 9.17) is 15.2 Å². The van der Waals surface area contributed by atoms with Gasteiger partial charge in [-0.2, -0.15) is 0 Å². The van der Waals surface area contributed by atoms with E-state index in [1.165, 1.54) is 0 Å². The number of hydrogen-bond acceptors (Lipinski definition) is 4. The number of amides is 1. The monoisotopic (exact) mass is 234 g/mol. The first kappa shape index (κ1) is 10.3. The van der Waals surface area contributed by atoms with E-state index in [0.717, 1.165) is 12.8 Å². The number of rotatable bonds is 2. The molecule has 0 atom stereocenters. The van der Waals surface area contributed by atoms with Crippen LogP contribution in [0.2, 0.25) is 0 Å². The Morgan fingerprint density at radius 2 is 2.00 bits per heavy atom. The topological polar surface area (TPSA) is 73.6 Å². The van der Waals surface area contributed by atoms with E-state index in [1.807, 2.05) is 6.92 Å². The molecule has 2 aliphatic rings. The second-order valence-electron chi connectivity index (χ2n) is 4.81. The van der Waals surface area contributed by atoms with Gasteiger partial charge in [0, 0.05) is 17.3 Å². The van der Waals surface area contributed by atoms with Crippen molar-refractivity contribution in [3.05, 3.63) is 17.7 Å². The van der Waals surface area contributed by atoms with Crippen LogP contribution in [-0.2, 0) is 0 Å². The maximum Gasteiger partial charge on any atom is 0.253 e. The van der Waals surface area contributed by atoms with E-state index in [2.05, 4.69) is 5.32 Å². The van der Waals surface area contributed by atoms with Crippen LogP contribution in [-0.4, -0.2) is 18.2 Å². The molecule has 1 fully saturated rings. The van der Waals surface area contributed by atoms with Crippen LogP contribution in [0.3, 0.4) is 0 Å². The molecule has 0 saturated heterocycles. The van der Waals surface area contributed by atoms with Crippen LogP contribution >= 0.6 is 0 Å². The highest BCUT2D eigenvalue weighted by Crippen LogP contribution is 2.38. The fraction of sp³-hybridized carbons (Fsp3) is 0.417. The Kier molecular flexibility index (Phi) is 1.98. The maximum absolute atomic E-state index is 12.0. The predicted molar refractivity (Wildman–Crippen MR) is 62.1 cm³/mol. The van der Waals surface area contributed by atoms with Gasteiger partial charge in [0.1, 0.15) is 0 Å². The Morgan fingerprint density at radius 3 is 2.65 bits per heavy atom. The molecule has 3 rings (SSSR count). The third kappa shape index (κ3) is 1.77. The molecule has 1 heterocycles. The van der Waals surface area contributed by atoms with Crippen LogP contribution in [0.25, 0.3) is 0 Å². The first-order valence-corrected chi connectivity index (χ1v) is 5.59. The minimum absolute atomic E-state index is 0.0557. The Bertz CT molecular complexity index is 495. The van der Waals surface area contributed by atoms with E-state index in [9.17, 15) is 4.79 Å².